The Bertz CT molecular complexity index is 2390. The van der Waals surface area contributed by atoms with Gasteiger partial charge in [0.15, 0.2) is 5.78 Å². The summed E-state index contributed by atoms with van der Waals surface area (Å²) in [4.78, 5) is 73.1. The van der Waals surface area contributed by atoms with Gasteiger partial charge < -0.3 is 9.52 Å². The van der Waals surface area contributed by atoms with Crippen LogP contribution in [0.1, 0.15) is 57.3 Å². The zero-order valence-electron chi connectivity index (χ0n) is 29.9. The van der Waals surface area contributed by atoms with E-state index in [-0.39, 0.29) is 37.0 Å². The molecule has 0 spiro atoms. The fourth-order valence-corrected chi connectivity index (χ4v) is 9.46. The van der Waals surface area contributed by atoms with Gasteiger partial charge in [-0.1, -0.05) is 90.0 Å². The number of nitrogens with one attached hydrogen (secondary N) is 1. The first kappa shape index (κ1) is 34.4. The van der Waals surface area contributed by atoms with E-state index in [1.165, 1.54) is 4.90 Å². The highest BCUT2D eigenvalue weighted by atomic mass is 16.4. The lowest BCUT2D eigenvalue weighted by Crippen LogP contribution is -2.53. The predicted molar refractivity (Wildman–Crippen MR) is 202 cm³/mol. The standard InChI is InChI=1S/C45H37N3O7/c1-26-12-16-30(17-13-26)46-48-42(52)36-24-35-33(39(37-23-20-32(25-49)55-37)45(36,44(48)54)29-10-6-3-7-11-29)21-22-34-38(35)43(53)47(41(34)51)31-18-14-28(15-19-31)40(50)27-8-4-2-5-9-27/h2-21,23,34-36,38-39,46,49H,22,24-25H2,1H3. The van der Waals surface area contributed by atoms with Crippen molar-refractivity contribution < 1.29 is 33.5 Å². The predicted octanol–water partition coefficient (Wildman–Crippen LogP) is 6.50. The number of hydrazine groups is 1. The number of ketones is 1. The van der Waals surface area contributed by atoms with Crippen molar-refractivity contribution in [2.45, 2.75) is 37.7 Å². The third-order valence-corrected chi connectivity index (χ3v) is 11.9. The van der Waals surface area contributed by atoms with Crippen molar-refractivity contribution in [3.8, 4) is 0 Å². The van der Waals surface area contributed by atoms with Crippen molar-refractivity contribution in [3.63, 3.8) is 0 Å². The van der Waals surface area contributed by atoms with Crippen molar-refractivity contribution in [2.24, 2.45) is 23.7 Å². The first-order chi connectivity index (χ1) is 26.7. The molecular weight excluding hydrogens is 695 g/mol. The second-order valence-corrected chi connectivity index (χ2v) is 14.8. The van der Waals surface area contributed by atoms with Crippen LogP contribution in [0, 0.1) is 30.6 Å². The van der Waals surface area contributed by atoms with E-state index in [0.717, 1.165) is 16.1 Å². The molecule has 9 rings (SSSR count). The molecule has 6 unspecified atom stereocenters. The quantitative estimate of drug-likeness (QED) is 0.105. The summed E-state index contributed by atoms with van der Waals surface area (Å²) in [5.41, 5.74) is 5.90. The molecule has 4 aliphatic rings. The van der Waals surface area contributed by atoms with Crippen LogP contribution in [0.2, 0.25) is 0 Å². The number of carbonyl (C=O) groups excluding carboxylic acids is 5. The number of imide groups is 2. The van der Waals surface area contributed by atoms with Crippen molar-refractivity contribution in [3.05, 3.63) is 167 Å². The Morgan fingerprint density at radius 3 is 2.13 bits per heavy atom. The summed E-state index contributed by atoms with van der Waals surface area (Å²) in [5.74, 6) is -4.96. The van der Waals surface area contributed by atoms with Crippen LogP contribution in [0.25, 0.3) is 0 Å². The van der Waals surface area contributed by atoms with Crippen LogP contribution in [0.15, 0.2) is 137 Å². The number of aliphatic hydroxyl groups is 1. The Kier molecular flexibility index (Phi) is 8.24. The van der Waals surface area contributed by atoms with Crippen LogP contribution in [0.3, 0.4) is 0 Å². The van der Waals surface area contributed by atoms with E-state index in [2.05, 4.69) is 5.43 Å². The van der Waals surface area contributed by atoms with E-state index in [0.29, 0.717) is 39.6 Å². The van der Waals surface area contributed by atoms with Crippen LogP contribution < -0.4 is 10.3 Å². The van der Waals surface area contributed by atoms with Crippen LogP contribution >= 0.6 is 0 Å². The number of nitrogens with zero attached hydrogens (tertiary/aromatic N) is 2. The number of hydrogen-bond donors (Lipinski definition) is 2. The fourth-order valence-electron chi connectivity index (χ4n) is 9.46. The van der Waals surface area contributed by atoms with Crippen molar-refractivity contribution in [2.75, 3.05) is 10.3 Å². The van der Waals surface area contributed by atoms with Crippen molar-refractivity contribution in [1.29, 1.82) is 0 Å². The van der Waals surface area contributed by atoms with E-state index in [9.17, 15) is 24.3 Å². The maximum atomic E-state index is 15.2. The average Bonchev–Trinajstić information content (AvgIpc) is 3.86. The highest BCUT2D eigenvalue weighted by molar-refractivity contribution is 6.23. The monoisotopic (exact) mass is 731 g/mol. The van der Waals surface area contributed by atoms with Crippen LogP contribution in [-0.4, -0.2) is 39.5 Å². The zero-order valence-corrected chi connectivity index (χ0v) is 29.9. The summed E-state index contributed by atoms with van der Waals surface area (Å²) in [5, 5.41) is 11.1. The van der Waals surface area contributed by atoms with Gasteiger partial charge in [0.25, 0.3) is 11.8 Å². The number of amides is 4. The van der Waals surface area contributed by atoms with Gasteiger partial charge in [0.1, 0.15) is 23.5 Å². The lowest BCUT2D eigenvalue weighted by atomic mass is 9.50. The minimum atomic E-state index is -1.47. The summed E-state index contributed by atoms with van der Waals surface area (Å²) in [7, 11) is 0. The third kappa shape index (κ3) is 5.23. The Morgan fingerprint density at radius 2 is 1.45 bits per heavy atom. The molecule has 1 saturated carbocycles. The largest absolute Gasteiger partial charge is 0.463 e. The molecule has 2 saturated heterocycles. The molecule has 10 nitrogen and oxygen atoms in total. The molecule has 55 heavy (non-hydrogen) atoms. The number of hydrogen-bond acceptors (Lipinski definition) is 8. The number of fused-ring (bicyclic) bond motifs is 4. The van der Waals surface area contributed by atoms with Gasteiger partial charge in [-0.25, -0.2) is 0 Å². The lowest BCUT2D eigenvalue weighted by Gasteiger charge is -2.49. The van der Waals surface area contributed by atoms with E-state index < -0.39 is 46.8 Å². The van der Waals surface area contributed by atoms with E-state index in [1.54, 1.807) is 72.8 Å². The number of anilines is 2. The number of allylic oxidation sites excluding steroid dienone is 2. The summed E-state index contributed by atoms with van der Waals surface area (Å²) in [6, 6.07) is 35.3. The number of rotatable bonds is 8. The fraction of sp³-hybridized carbons (Fsp3) is 0.222. The summed E-state index contributed by atoms with van der Waals surface area (Å²) >= 11 is 0. The first-order valence-corrected chi connectivity index (χ1v) is 18.5. The maximum absolute atomic E-state index is 15.2. The number of carbonyl (C=O) groups is 5. The highest BCUT2D eigenvalue weighted by Gasteiger charge is 2.71. The summed E-state index contributed by atoms with van der Waals surface area (Å²) in [6.45, 7) is 1.58. The molecule has 3 heterocycles. The van der Waals surface area contributed by atoms with E-state index in [1.807, 2.05) is 61.5 Å². The molecule has 5 aromatic rings. The van der Waals surface area contributed by atoms with Crippen LogP contribution in [0.4, 0.5) is 11.4 Å². The molecule has 4 aromatic carbocycles. The molecule has 10 heteroatoms. The molecule has 274 valence electrons. The van der Waals surface area contributed by atoms with Gasteiger partial charge in [0.05, 0.1) is 35.0 Å². The van der Waals surface area contributed by atoms with Gasteiger partial charge in [0, 0.05) is 11.1 Å². The van der Waals surface area contributed by atoms with Gasteiger partial charge >= 0.3 is 0 Å². The summed E-state index contributed by atoms with van der Waals surface area (Å²) in [6.07, 6.45) is 2.35. The molecule has 3 fully saturated rings. The molecule has 2 aliphatic carbocycles. The molecular formula is C45H37N3O7. The Morgan fingerprint density at radius 1 is 0.782 bits per heavy atom. The molecule has 1 aromatic heterocycles. The second kappa shape index (κ2) is 13.2. The molecule has 2 N–H and O–H groups in total. The second-order valence-electron chi connectivity index (χ2n) is 14.8. The SMILES string of the molecule is Cc1ccc(NN2C(=O)C3CC4C(=CCC5C(=O)N(c6ccc(C(=O)c7ccccc7)cc6)C(=O)C54)C(c4ccc(CO)o4)C3(c3ccccc3)C2=O)cc1. The topological polar surface area (TPSA) is 137 Å². The first-order valence-electron chi connectivity index (χ1n) is 18.5. The van der Waals surface area contributed by atoms with Gasteiger partial charge in [-0.05, 0) is 79.8 Å². The third-order valence-electron chi connectivity index (χ3n) is 11.9. The Labute approximate surface area is 317 Å². The van der Waals surface area contributed by atoms with Crippen molar-refractivity contribution in [1.82, 2.24) is 5.01 Å². The van der Waals surface area contributed by atoms with Gasteiger partial charge in [-0.2, -0.15) is 5.01 Å². The molecule has 4 amide bonds. The Balaban J connectivity index is 1.13. The van der Waals surface area contributed by atoms with Gasteiger partial charge in [-0.3, -0.25) is 34.3 Å². The highest BCUT2D eigenvalue weighted by Crippen LogP contribution is 2.64. The number of benzene rings is 4. The van der Waals surface area contributed by atoms with E-state index >= 15 is 4.79 Å². The Hall–Kier alpha value is -6.39. The summed E-state index contributed by atoms with van der Waals surface area (Å²) < 4.78 is 6.26. The number of furan rings is 1. The molecule has 2 aliphatic heterocycles. The van der Waals surface area contributed by atoms with E-state index in [4.69, 9.17) is 4.42 Å². The normalized spacial score (nSPS) is 25.7. The number of aryl methyl sites for hydroxylation is 1. The number of aliphatic hydroxyl groups excluding tert-OH is 1. The van der Waals surface area contributed by atoms with Gasteiger partial charge in [-0.15, -0.1) is 0 Å². The average molecular weight is 732 g/mol. The maximum Gasteiger partial charge on any atom is 0.260 e. The lowest BCUT2D eigenvalue weighted by molar-refractivity contribution is -0.138. The zero-order chi connectivity index (χ0) is 38.0. The minimum Gasteiger partial charge on any atom is -0.463 e. The van der Waals surface area contributed by atoms with Crippen LogP contribution in [-0.2, 0) is 31.2 Å². The van der Waals surface area contributed by atoms with Crippen LogP contribution in [0.5, 0.6) is 0 Å². The smallest absolute Gasteiger partial charge is 0.260 e. The molecule has 0 bridgehead atoms. The minimum absolute atomic E-state index is 0.139. The molecule has 6 atom stereocenters. The van der Waals surface area contributed by atoms with Gasteiger partial charge in [0.2, 0.25) is 11.8 Å². The van der Waals surface area contributed by atoms with Crippen molar-refractivity contribution >= 4 is 40.8 Å². The molecule has 0 radical (unpaired) electrons.